The monoisotopic (exact) mass is 729 g/mol. The molecule has 0 aliphatic carbocycles. The minimum Gasteiger partial charge on any atom is -0.460 e. The van der Waals surface area contributed by atoms with E-state index in [1.165, 1.54) is 30.3 Å². The summed E-state index contributed by atoms with van der Waals surface area (Å²) in [4.78, 5) is 12.7. The molecule has 0 fully saturated rings. The SMILES string of the molecule is O=C(OCCOCCOCCOCCOCCOCCOCCOS(=O)(=O)c1ccccc1)c1ccccc1Nc1cccc(C(F)(F)F)c1. The van der Waals surface area contributed by atoms with Crippen LogP contribution in [0.4, 0.5) is 24.5 Å². The Balaban J connectivity index is 1.08. The highest BCUT2D eigenvalue weighted by Gasteiger charge is 2.30. The second-order valence-corrected chi connectivity index (χ2v) is 11.8. The number of benzene rings is 3. The van der Waals surface area contributed by atoms with E-state index in [9.17, 15) is 26.4 Å². The third kappa shape index (κ3) is 16.4. The minimum atomic E-state index is -4.48. The van der Waals surface area contributed by atoms with E-state index < -0.39 is 27.8 Å². The minimum absolute atomic E-state index is 0.0160. The number of esters is 1. The topological polar surface area (TPSA) is 137 Å². The molecule has 1 N–H and O–H groups in total. The van der Waals surface area contributed by atoms with E-state index in [1.54, 1.807) is 36.4 Å². The zero-order valence-corrected chi connectivity index (χ0v) is 28.3. The van der Waals surface area contributed by atoms with Crippen molar-refractivity contribution < 1.29 is 63.7 Å². The number of ether oxygens (including phenoxy) is 7. The third-order valence-corrected chi connectivity index (χ3v) is 7.76. The lowest BCUT2D eigenvalue weighted by molar-refractivity contribution is -0.137. The second-order valence-electron chi connectivity index (χ2n) is 10.1. The van der Waals surface area contributed by atoms with Crippen molar-refractivity contribution in [2.75, 3.05) is 97.8 Å². The van der Waals surface area contributed by atoms with Crippen LogP contribution in [0.5, 0.6) is 0 Å². The van der Waals surface area contributed by atoms with Crippen LogP contribution in [0.3, 0.4) is 0 Å². The first-order valence-electron chi connectivity index (χ1n) is 15.8. The average molecular weight is 730 g/mol. The van der Waals surface area contributed by atoms with Gasteiger partial charge in [0.1, 0.15) is 6.61 Å². The van der Waals surface area contributed by atoms with Crippen LogP contribution in [-0.4, -0.2) is 107 Å². The van der Waals surface area contributed by atoms with Crippen molar-refractivity contribution in [2.45, 2.75) is 11.1 Å². The molecular weight excluding hydrogens is 687 g/mol. The van der Waals surface area contributed by atoms with Gasteiger partial charge in [0.05, 0.1) is 108 Å². The number of para-hydroxylation sites is 1. The Hall–Kier alpha value is -3.61. The van der Waals surface area contributed by atoms with E-state index in [0.717, 1.165) is 12.1 Å². The molecule has 0 heterocycles. The van der Waals surface area contributed by atoms with Crippen molar-refractivity contribution in [3.63, 3.8) is 0 Å². The van der Waals surface area contributed by atoms with E-state index in [-0.39, 0.29) is 49.2 Å². The van der Waals surface area contributed by atoms with Gasteiger partial charge in [0.2, 0.25) is 0 Å². The molecule has 0 unspecified atom stereocenters. The lowest BCUT2D eigenvalue weighted by Gasteiger charge is -2.13. The fourth-order valence-electron chi connectivity index (χ4n) is 4.03. The summed E-state index contributed by atoms with van der Waals surface area (Å²) in [5.74, 6) is -0.641. The Kier molecular flexibility index (Phi) is 18.8. The van der Waals surface area contributed by atoms with Crippen molar-refractivity contribution in [3.8, 4) is 0 Å². The fraction of sp³-hybridized carbons (Fsp3) is 0.441. The van der Waals surface area contributed by atoms with Gasteiger partial charge in [-0.3, -0.25) is 4.18 Å². The maximum atomic E-state index is 13.0. The Morgan fingerprint density at radius 2 is 1.06 bits per heavy atom. The van der Waals surface area contributed by atoms with Crippen LogP contribution in [-0.2, 0) is 53.6 Å². The Morgan fingerprint density at radius 3 is 1.60 bits per heavy atom. The average Bonchev–Trinajstić information content (AvgIpc) is 3.10. The van der Waals surface area contributed by atoms with Crippen molar-refractivity contribution >= 4 is 27.5 Å². The number of carbonyl (C=O) groups excluding carboxylic acids is 1. The van der Waals surface area contributed by atoms with Crippen LogP contribution in [0.1, 0.15) is 15.9 Å². The van der Waals surface area contributed by atoms with Gasteiger partial charge in [0.25, 0.3) is 10.1 Å². The highest BCUT2D eigenvalue weighted by Crippen LogP contribution is 2.32. The smallest absolute Gasteiger partial charge is 0.416 e. The number of hydrogen-bond acceptors (Lipinski definition) is 12. The second kappa shape index (κ2) is 23.0. The summed E-state index contributed by atoms with van der Waals surface area (Å²) < 4.78 is 106. The first-order valence-corrected chi connectivity index (χ1v) is 17.2. The molecule has 0 bridgehead atoms. The molecule has 3 aromatic rings. The molecule has 0 spiro atoms. The van der Waals surface area contributed by atoms with Crippen LogP contribution in [0.2, 0.25) is 0 Å². The van der Waals surface area contributed by atoms with E-state index in [2.05, 4.69) is 5.32 Å². The van der Waals surface area contributed by atoms with Gasteiger partial charge in [-0.15, -0.1) is 0 Å². The third-order valence-electron chi connectivity index (χ3n) is 6.43. The lowest BCUT2D eigenvalue weighted by atomic mass is 10.1. The highest BCUT2D eigenvalue weighted by molar-refractivity contribution is 7.86. The number of alkyl halides is 3. The molecule has 12 nitrogen and oxygen atoms in total. The summed E-state index contributed by atoms with van der Waals surface area (Å²) in [5.41, 5.74) is -0.129. The molecule has 3 rings (SSSR count). The van der Waals surface area contributed by atoms with Gasteiger partial charge in [0, 0.05) is 5.69 Å². The van der Waals surface area contributed by atoms with Gasteiger partial charge in [-0.05, 0) is 42.5 Å². The number of carbonyl (C=O) groups is 1. The predicted octanol–water partition coefficient (Wildman–Crippen LogP) is 5.11. The molecule has 0 amide bonds. The summed E-state index contributed by atoms with van der Waals surface area (Å²) >= 11 is 0. The fourth-order valence-corrected chi connectivity index (χ4v) is 4.94. The quantitative estimate of drug-likeness (QED) is 0.0668. The molecule has 50 heavy (non-hydrogen) atoms. The number of anilines is 2. The normalized spacial score (nSPS) is 11.8. The van der Waals surface area contributed by atoms with E-state index in [0.29, 0.717) is 65.1 Å². The maximum absolute atomic E-state index is 13.0. The summed E-state index contributed by atoms with van der Waals surface area (Å²) in [7, 11) is -3.79. The van der Waals surface area contributed by atoms with Crippen LogP contribution < -0.4 is 5.32 Å². The number of halogens is 3. The molecule has 16 heteroatoms. The Labute approximate surface area is 289 Å². The molecule has 0 aliphatic heterocycles. The molecule has 0 radical (unpaired) electrons. The van der Waals surface area contributed by atoms with Crippen LogP contribution in [0, 0.1) is 0 Å². The molecule has 0 atom stereocenters. The summed E-state index contributed by atoms with van der Waals surface area (Å²) in [6.07, 6.45) is -4.48. The van der Waals surface area contributed by atoms with Gasteiger partial charge >= 0.3 is 12.1 Å². The van der Waals surface area contributed by atoms with E-state index >= 15 is 0 Å². The molecule has 0 saturated carbocycles. The molecule has 3 aromatic carbocycles. The van der Waals surface area contributed by atoms with E-state index in [4.69, 9.17) is 37.3 Å². The molecule has 0 aliphatic rings. The van der Waals surface area contributed by atoms with Crippen LogP contribution in [0.25, 0.3) is 0 Å². The van der Waals surface area contributed by atoms with Gasteiger partial charge in [-0.25, -0.2) is 4.79 Å². The summed E-state index contributed by atoms with van der Waals surface area (Å²) in [6.45, 7) is 3.65. The zero-order valence-electron chi connectivity index (χ0n) is 27.4. The largest absolute Gasteiger partial charge is 0.460 e. The van der Waals surface area contributed by atoms with Crippen LogP contribution >= 0.6 is 0 Å². The van der Waals surface area contributed by atoms with Crippen LogP contribution in [0.15, 0.2) is 83.8 Å². The molecule has 0 saturated heterocycles. The van der Waals surface area contributed by atoms with Crippen molar-refractivity contribution in [1.29, 1.82) is 0 Å². The maximum Gasteiger partial charge on any atom is 0.416 e. The van der Waals surface area contributed by atoms with Crippen molar-refractivity contribution in [1.82, 2.24) is 0 Å². The molecular formula is C34H42F3NO11S. The van der Waals surface area contributed by atoms with E-state index in [1.807, 2.05) is 0 Å². The zero-order chi connectivity index (χ0) is 35.9. The van der Waals surface area contributed by atoms with Crippen molar-refractivity contribution in [3.05, 3.63) is 90.0 Å². The first kappa shape index (κ1) is 40.8. The van der Waals surface area contributed by atoms with Gasteiger partial charge in [-0.1, -0.05) is 36.4 Å². The molecule has 276 valence electrons. The number of rotatable bonds is 26. The predicted molar refractivity (Wildman–Crippen MR) is 176 cm³/mol. The lowest BCUT2D eigenvalue weighted by Crippen LogP contribution is -2.16. The Morgan fingerprint density at radius 1 is 0.580 bits per heavy atom. The number of hydrogen-bond donors (Lipinski definition) is 1. The van der Waals surface area contributed by atoms with Crippen molar-refractivity contribution in [2.24, 2.45) is 0 Å². The summed E-state index contributed by atoms with van der Waals surface area (Å²) in [5, 5.41) is 2.85. The highest BCUT2D eigenvalue weighted by atomic mass is 32.2. The van der Waals surface area contributed by atoms with Gasteiger partial charge in [0.15, 0.2) is 0 Å². The summed E-state index contributed by atoms with van der Waals surface area (Å²) in [6, 6.07) is 18.9. The van der Waals surface area contributed by atoms with Gasteiger partial charge < -0.3 is 38.5 Å². The Bertz CT molecular complexity index is 1500. The number of nitrogens with one attached hydrogen (secondary N) is 1. The first-order chi connectivity index (χ1) is 24.2. The molecule has 0 aromatic heterocycles. The van der Waals surface area contributed by atoms with Gasteiger partial charge in [-0.2, -0.15) is 21.6 Å². The standard InChI is InChI=1S/C34H42F3NO11S/c35-34(36,37)28-7-6-8-29(27-28)38-32-12-5-4-11-31(32)33(39)48-25-23-46-21-19-44-17-15-42-13-14-43-16-18-45-20-22-47-24-26-49-50(40,41)30-9-2-1-3-10-30/h1-12,27,38H,13-26H2.